The summed E-state index contributed by atoms with van der Waals surface area (Å²) in [5.74, 6) is -2.33. The predicted octanol–water partition coefficient (Wildman–Crippen LogP) is 4.58. The highest BCUT2D eigenvalue weighted by molar-refractivity contribution is 6.10. The van der Waals surface area contributed by atoms with Crippen LogP contribution in [0, 0.1) is 11.6 Å². The number of amides is 1. The van der Waals surface area contributed by atoms with Gasteiger partial charge in [0, 0.05) is 40.6 Å². The lowest BCUT2D eigenvalue weighted by atomic mass is 9.74. The fourth-order valence-corrected chi connectivity index (χ4v) is 4.28. The molecule has 0 spiro atoms. The van der Waals surface area contributed by atoms with Crippen molar-refractivity contribution in [1.82, 2.24) is 5.32 Å². The van der Waals surface area contributed by atoms with Crippen LogP contribution >= 0.6 is 0 Å². The third-order valence-corrected chi connectivity index (χ3v) is 5.65. The van der Waals surface area contributed by atoms with Gasteiger partial charge in [-0.2, -0.15) is 0 Å². The van der Waals surface area contributed by atoms with Crippen molar-refractivity contribution in [3.05, 3.63) is 82.2 Å². The second kappa shape index (κ2) is 8.34. The summed E-state index contributed by atoms with van der Waals surface area (Å²) in [6.07, 6.45) is 1.83. The summed E-state index contributed by atoms with van der Waals surface area (Å²) in [6.45, 7) is 1.75. The van der Waals surface area contributed by atoms with Gasteiger partial charge in [-0.05, 0) is 38.0 Å². The van der Waals surface area contributed by atoms with Crippen molar-refractivity contribution < 1.29 is 23.1 Å². The van der Waals surface area contributed by atoms with Gasteiger partial charge in [0.15, 0.2) is 5.78 Å². The van der Waals surface area contributed by atoms with Crippen LogP contribution in [0.1, 0.15) is 37.7 Å². The third-order valence-electron chi connectivity index (χ3n) is 5.65. The van der Waals surface area contributed by atoms with Gasteiger partial charge in [-0.15, -0.1) is 0 Å². The van der Waals surface area contributed by atoms with E-state index in [1.54, 1.807) is 13.0 Å². The van der Waals surface area contributed by atoms with E-state index in [2.05, 4.69) is 10.6 Å². The molecule has 0 fully saturated rings. The Balaban J connectivity index is 1.82. The molecule has 0 saturated carbocycles. The molecule has 2 aromatic rings. The molecular formula is C24H22F2N2O3. The fraction of sp³-hybridized carbons (Fsp3) is 0.250. The Morgan fingerprint density at radius 1 is 1.16 bits per heavy atom. The Labute approximate surface area is 178 Å². The number of methoxy groups -OCH3 is 1. The largest absolute Gasteiger partial charge is 0.496 e. The average molecular weight is 424 g/mol. The summed E-state index contributed by atoms with van der Waals surface area (Å²) < 4.78 is 33.0. The van der Waals surface area contributed by atoms with Crippen molar-refractivity contribution in [2.45, 2.75) is 32.1 Å². The summed E-state index contributed by atoms with van der Waals surface area (Å²) in [4.78, 5) is 26.3. The minimum Gasteiger partial charge on any atom is -0.496 e. The van der Waals surface area contributed by atoms with Crippen LogP contribution in [0.3, 0.4) is 0 Å². The summed E-state index contributed by atoms with van der Waals surface area (Å²) in [7, 11) is 1.53. The molecule has 1 amide bonds. The van der Waals surface area contributed by atoms with Crippen molar-refractivity contribution in [3.8, 4) is 5.75 Å². The van der Waals surface area contributed by atoms with Crippen LogP contribution in [0.25, 0.3) is 0 Å². The van der Waals surface area contributed by atoms with Gasteiger partial charge in [0.2, 0.25) is 0 Å². The number of hydrogen-bond donors (Lipinski definition) is 2. The molecule has 0 bridgehead atoms. The number of para-hydroxylation sites is 1. The van der Waals surface area contributed by atoms with Gasteiger partial charge in [-0.25, -0.2) is 8.78 Å². The lowest BCUT2D eigenvalue weighted by Crippen LogP contribution is -2.35. The van der Waals surface area contributed by atoms with Crippen LogP contribution < -0.4 is 15.4 Å². The van der Waals surface area contributed by atoms with Crippen molar-refractivity contribution in [2.75, 3.05) is 12.4 Å². The number of dihydropyridines is 1. The number of nitrogens with one attached hydrogen (secondary N) is 2. The monoisotopic (exact) mass is 424 g/mol. The number of ether oxygens (including phenoxy) is 1. The number of carbonyl (C=O) groups is 2. The average Bonchev–Trinajstić information content (AvgIpc) is 2.74. The molecule has 0 unspecified atom stereocenters. The van der Waals surface area contributed by atoms with Gasteiger partial charge in [0.1, 0.15) is 17.4 Å². The van der Waals surface area contributed by atoms with Crippen LogP contribution in [0.2, 0.25) is 0 Å². The first-order valence-electron chi connectivity index (χ1n) is 10.0. The van der Waals surface area contributed by atoms with E-state index in [9.17, 15) is 18.4 Å². The van der Waals surface area contributed by atoms with Crippen molar-refractivity contribution >= 4 is 17.4 Å². The highest BCUT2D eigenvalue weighted by Gasteiger charge is 2.39. The maximum Gasteiger partial charge on any atom is 0.254 e. The van der Waals surface area contributed by atoms with Crippen LogP contribution in [-0.4, -0.2) is 18.8 Å². The van der Waals surface area contributed by atoms with E-state index in [-0.39, 0.29) is 11.5 Å². The Hall–Kier alpha value is -3.48. The van der Waals surface area contributed by atoms with Gasteiger partial charge < -0.3 is 15.4 Å². The molecule has 4 rings (SSSR count). The molecular weight excluding hydrogens is 402 g/mol. The van der Waals surface area contributed by atoms with E-state index in [1.165, 1.54) is 13.2 Å². The molecule has 1 aliphatic heterocycles. The highest BCUT2D eigenvalue weighted by atomic mass is 19.1. The number of benzene rings is 2. The lowest BCUT2D eigenvalue weighted by molar-refractivity contribution is -0.116. The second-order valence-corrected chi connectivity index (χ2v) is 7.59. The quantitative estimate of drug-likeness (QED) is 0.754. The van der Waals surface area contributed by atoms with Crippen LogP contribution in [0.15, 0.2) is 65.0 Å². The summed E-state index contributed by atoms with van der Waals surface area (Å²) >= 11 is 0. The smallest absolute Gasteiger partial charge is 0.254 e. The zero-order valence-corrected chi connectivity index (χ0v) is 17.2. The standard InChI is InChI=1S/C24H22F2N2O3/c1-13-21(24(30)28-17-11-10-14(25)12-16(17)26)22(15-6-3-4-9-20(15)31-2)23-18(27-13)7-5-8-19(23)29/h3-4,6,9-12,22,27H,5,7-8H2,1-2H3,(H,28,30)/t22-/m0/s1. The third kappa shape index (κ3) is 3.83. The minimum absolute atomic E-state index is 0.0320. The number of hydrogen-bond acceptors (Lipinski definition) is 4. The fourth-order valence-electron chi connectivity index (χ4n) is 4.28. The number of allylic oxidation sites excluding steroid dienone is 3. The summed E-state index contributed by atoms with van der Waals surface area (Å²) in [5, 5.41) is 5.74. The Morgan fingerprint density at radius 3 is 2.68 bits per heavy atom. The molecule has 0 radical (unpaired) electrons. The molecule has 160 valence electrons. The maximum atomic E-state index is 14.2. The van der Waals surface area contributed by atoms with E-state index in [0.29, 0.717) is 47.1 Å². The van der Waals surface area contributed by atoms with Gasteiger partial charge >= 0.3 is 0 Å². The number of carbonyl (C=O) groups excluding carboxylic acids is 2. The van der Waals surface area contributed by atoms with Crippen LogP contribution in [0.5, 0.6) is 5.75 Å². The number of halogens is 2. The van der Waals surface area contributed by atoms with Gasteiger partial charge in [-0.1, -0.05) is 18.2 Å². The van der Waals surface area contributed by atoms with Crippen molar-refractivity contribution in [1.29, 1.82) is 0 Å². The normalized spacial score (nSPS) is 18.5. The van der Waals surface area contributed by atoms with Crippen LogP contribution in [-0.2, 0) is 9.59 Å². The first-order chi connectivity index (χ1) is 14.9. The molecule has 1 atom stereocenters. The maximum absolute atomic E-state index is 14.2. The topological polar surface area (TPSA) is 67.4 Å². The molecule has 7 heteroatoms. The molecule has 31 heavy (non-hydrogen) atoms. The van der Waals surface area contributed by atoms with Gasteiger partial charge in [-0.3, -0.25) is 9.59 Å². The first-order valence-corrected chi connectivity index (χ1v) is 10.0. The molecule has 5 nitrogen and oxygen atoms in total. The van der Waals surface area contributed by atoms with E-state index >= 15 is 0 Å². The van der Waals surface area contributed by atoms with Gasteiger partial charge in [0.25, 0.3) is 5.91 Å². The Kier molecular flexibility index (Phi) is 5.59. The van der Waals surface area contributed by atoms with Crippen LogP contribution in [0.4, 0.5) is 14.5 Å². The number of rotatable bonds is 4. The summed E-state index contributed by atoms with van der Waals surface area (Å²) in [6, 6.07) is 10.2. The van der Waals surface area contributed by atoms with E-state index < -0.39 is 23.5 Å². The Bertz CT molecular complexity index is 1140. The molecule has 2 aliphatic rings. The van der Waals surface area contributed by atoms with E-state index in [0.717, 1.165) is 18.2 Å². The number of Topliss-reactive ketones (excluding diaryl/α,β-unsaturated/α-hetero) is 1. The molecule has 0 saturated heterocycles. The first kappa shape index (κ1) is 20.8. The van der Waals surface area contributed by atoms with Crippen molar-refractivity contribution in [3.63, 3.8) is 0 Å². The zero-order chi connectivity index (χ0) is 22.1. The van der Waals surface area contributed by atoms with E-state index in [4.69, 9.17) is 4.74 Å². The predicted molar refractivity (Wildman–Crippen MR) is 112 cm³/mol. The Morgan fingerprint density at radius 2 is 1.94 bits per heavy atom. The summed E-state index contributed by atoms with van der Waals surface area (Å²) in [5.41, 5.74) is 2.74. The number of anilines is 1. The minimum atomic E-state index is -0.877. The van der Waals surface area contributed by atoms with Gasteiger partial charge in [0.05, 0.1) is 18.7 Å². The van der Waals surface area contributed by atoms with Crippen molar-refractivity contribution in [2.24, 2.45) is 0 Å². The van der Waals surface area contributed by atoms with E-state index in [1.807, 2.05) is 18.2 Å². The zero-order valence-electron chi connectivity index (χ0n) is 17.2. The SMILES string of the molecule is COc1ccccc1[C@H]1C(C(=O)Nc2ccc(F)cc2F)=C(C)NC2=C1C(=O)CCC2. The molecule has 1 heterocycles. The lowest BCUT2D eigenvalue weighted by Gasteiger charge is -2.35. The molecule has 1 aliphatic carbocycles. The second-order valence-electron chi connectivity index (χ2n) is 7.59. The molecule has 2 aromatic carbocycles. The molecule has 0 aromatic heterocycles. The highest BCUT2D eigenvalue weighted by Crippen LogP contribution is 2.45. The number of ketones is 1. The molecule has 2 N–H and O–H groups in total.